The first kappa shape index (κ1) is 21.8. The van der Waals surface area contributed by atoms with Gasteiger partial charge in [0.2, 0.25) is 17.7 Å². The highest BCUT2D eigenvalue weighted by Crippen LogP contribution is 2.56. The second kappa shape index (κ2) is 8.52. The lowest BCUT2D eigenvalue weighted by Gasteiger charge is -2.36. The fraction of sp³-hybridized carbons (Fsp3) is 0.593. The molecule has 7 heteroatoms. The van der Waals surface area contributed by atoms with E-state index in [-0.39, 0.29) is 29.8 Å². The van der Waals surface area contributed by atoms with Crippen molar-refractivity contribution in [1.29, 1.82) is 0 Å². The van der Waals surface area contributed by atoms with E-state index in [1.807, 2.05) is 47.4 Å². The first-order chi connectivity index (χ1) is 16.6. The minimum Gasteiger partial charge on any atom is -0.359 e. The number of hydrogen-bond donors (Lipinski definition) is 2. The molecular formula is C27H33N3O4. The van der Waals surface area contributed by atoms with Gasteiger partial charge in [-0.2, -0.15) is 0 Å². The van der Waals surface area contributed by atoms with E-state index in [1.54, 1.807) is 0 Å². The van der Waals surface area contributed by atoms with Gasteiger partial charge in [0.25, 0.3) is 0 Å². The summed E-state index contributed by atoms with van der Waals surface area (Å²) in [5.41, 5.74) is -0.375. The Kier molecular flexibility index (Phi) is 5.47. The van der Waals surface area contributed by atoms with E-state index in [0.29, 0.717) is 5.69 Å². The van der Waals surface area contributed by atoms with Crippen molar-refractivity contribution in [2.75, 3.05) is 5.32 Å². The third-order valence-electron chi connectivity index (χ3n) is 8.57. The normalized spacial score (nSPS) is 35.1. The number of nitrogens with zero attached hydrogens (tertiary/aromatic N) is 1. The van der Waals surface area contributed by atoms with Crippen LogP contribution in [-0.4, -0.2) is 52.5 Å². The molecule has 2 saturated carbocycles. The summed E-state index contributed by atoms with van der Waals surface area (Å²) in [6.45, 7) is 0. The summed E-state index contributed by atoms with van der Waals surface area (Å²) in [6, 6.07) is 8.75. The number of carbonyl (C=O) groups excluding carboxylic acids is 3. The fourth-order valence-corrected chi connectivity index (χ4v) is 7.06. The third kappa shape index (κ3) is 3.39. The molecule has 0 aromatic heterocycles. The Bertz CT molecular complexity index is 998. The van der Waals surface area contributed by atoms with Gasteiger partial charge in [-0.25, -0.2) is 0 Å². The van der Waals surface area contributed by atoms with Gasteiger partial charge in [0, 0.05) is 17.8 Å². The van der Waals surface area contributed by atoms with Gasteiger partial charge >= 0.3 is 0 Å². The SMILES string of the molecule is O=C(Nc1ccccc1)[C@H]1[C@H]2C(=O)N(C3CCCC3)[C@H](C(=O)NC3CCCCC3)[C@]23C=C[C@H]1O3. The van der Waals surface area contributed by atoms with Crippen LogP contribution in [0.3, 0.4) is 0 Å². The molecule has 2 aliphatic carbocycles. The summed E-state index contributed by atoms with van der Waals surface area (Å²) >= 11 is 0. The Morgan fingerprint density at radius 1 is 0.941 bits per heavy atom. The van der Waals surface area contributed by atoms with Gasteiger partial charge < -0.3 is 20.3 Å². The number of hydrogen-bond acceptors (Lipinski definition) is 4. The van der Waals surface area contributed by atoms with Crippen LogP contribution in [0.4, 0.5) is 5.69 Å². The number of likely N-dealkylation sites (tertiary alicyclic amines) is 1. The number of anilines is 1. The first-order valence-corrected chi connectivity index (χ1v) is 12.9. The predicted octanol–water partition coefficient (Wildman–Crippen LogP) is 3.17. The van der Waals surface area contributed by atoms with Crippen LogP contribution in [-0.2, 0) is 19.1 Å². The van der Waals surface area contributed by atoms with Crippen LogP contribution in [0.5, 0.6) is 0 Å². The Morgan fingerprint density at radius 3 is 2.38 bits per heavy atom. The molecule has 3 amide bonds. The summed E-state index contributed by atoms with van der Waals surface area (Å²) in [4.78, 5) is 43.0. The molecule has 34 heavy (non-hydrogen) atoms. The summed E-state index contributed by atoms with van der Waals surface area (Å²) in [7, 11) is 0. The van der Waals surface area contributed by atoms with E-state index < -0.39 is 29.6 Å². The smallest absolute Gasteiger partial charge is 0.246 e. The molecule has 2 bridgehead atoms. The van der Waals surface area contributed by atoms with Crippen LogP contribution >= 0.6 is 0 Å². The number of para-hydroxylation sites is 1. The average Bonchev–Trinajstić information content (AvgIpc) is 3.62. The van der Waals surface area contributed by atoms with E-state index in [0.717, 1.165) is 51.4 Å². The van der Waals surface area contributed by atoms with E-state index in [2.05, 4.69) is 10.6 Å². The van der Waals surface area contributed by atoms with E-state index in [9.17, 15) is 14.4 Å². The van der Waals surface area contributed by atoms with Crippen molar-refractivity contribution in [3.63, 3.8) is 0 Å². The quantitative estimate of drug-likeness (QED) is 0.657. The zero-order valence-corrected chi connectivity index (χ0v) is 19.4. The number of amides is 3. The van der Waals surface area contributed by atoms with Crippen LogP contribution in [0.1, 0.15) is 57.8 Å². The predicted molar refractivity (Wildman–Crippen MR) is 127 cm³/mol. The van der Waals surface area contributed by atoms with Gasteiger partial charge in [0.1, 0.15) is 11.6 Å². The summed E-state index contributed by atoms with van der Waals surface area (Å²) in [5, 5.41) is 6.23. The summed E-state index contributed by atoms with van der Waals surface area (Å²) in [5.74, 6) is -1.76. The number of benzene rings is 1. The molecule has 5 atom stereocenters. The van der Waals surface area contributed by atoms with Crippen LogP contribution in [0, 0.1) is 11.8 Å². The van der Waals surface area contributed by atoms with Crippen molar-refractivity contribution < 1.29 is 19.1 Å². The molecule has 1 spiro atoms. The van der Waals surface area contributed by atoms with Crippen LogP contribution in [0.15, 0.2) is 42.5 Å². The highest BCUT2D eigenvalue weighted by atomic mass is 16.5. The van der Waals surface area contributed by atoms with Gasteiger partial charge in [0.15, 0.2) is 0 Å². The third-order valence-corrected chi connectivity index (χ3v) is 8.57. The van der Waals surface area contributed by atoms with Gasteiger partial charge in [-0.05, 0) is 37.8 Å². The molecule has 4 fully saturated rings. The van der Waals surface area contributed by atoms with Crippen molar-refractivity contribution in [2.45, 2.75) is 87.6 Å². The fourth-order valence-electron chi connectivity index (χ4n) is 7.06. The number of nitrogens with one attached hydrogen (secondary N) is 2. The number of fused-ring (bicyclic) bond motifs is 1. The highest BCUT2D eigenvalue weighted by Gasteiger charge is 2.73. The first-order valence-electron chi connectivity index (χ1n) is 12.9. The van der Waals surface area contributed by atoms with Crippen molar-refractivity contribution in [1.82, 2.24) is 10.2 Å². The van der Waals surface area contributed by atoms with Crippen LogP contribution in [0.25, 0.3) is 0 Å². The highest BCUT2D eigenvalue weighted by molar-refractivity contribution is 6.03. The largest absolute Gasteiger partial charge is 0.359 e. The van der Waals surface area contributed by atoms with Gasteiger partial charge in [-0.1, -0.05) is 62.5 Å². The lowest BCUT2D eigenvalue weighted by molar-refractivity contribution is -0.144. The molecular weight excluding hydrogens is 430 g/mol. The van der Waals surface area contributed by atoms with E-state index >= 15 is 0 Å². The number of ether oxygens (including phenoxy) is 1. The molecule has 5 aliphatic rings. The second-order valence-corrected chi connectivity index (χ2v) is 10.6. The van der Waals surface area contributed by atoms with E-state index in [1.165, 1.54) is 6.42 Å². The second-order valence-electron chi connectivity index (χ2n) is 10.6. The standard InChI is InChI=1S/C27H33N3O4/c31-24(28-17-9-3-1-4-10-17)21-20-15-16-27(34-20)22(21)26(33)30(19-13-7-8-14-19)23(27)25(32)29-18-11-5-2-6-12-18/h1,3-4,9-10,15-16,18-23H,2,5-8,11-14H2,(H,28,31)(H,29,32)/t20-,21-,22+,23-,27+/m1/s1. The Labute approximate surface area is 200 Å². The maximum absolute atomic E-state index is 14.0. The molecule has 2 N–H and O–H groups in total. The molecule has 1 aromatic rings. The number of rotatable bonds is 5. The van der Waals surface area contributed by atoms with E-state index in [4.69, 9.17) is 4.74 Å². The Hall–Kier alpha value is -2.67. The minimum absolute atomic E-state index is 0.0310. The van der Waals surface area contributed by atoms with Crippen molar-refractivity contribution >= 4 is 23.4 Å². The summed E-state index contributed by atoms with van der Waals surface area (Å²) in [6.07, 6.45) is 12.6. The lowest BCUT2D eigenvalue weighted by Crippen LogP contribution is -2.58. The maximum Gasteiger partial charge on any atom is 0.246 e. The Morgan fingerprint density at radius 2 is 1.65 bits per heavy atom. The molecule has 7 nitrogen and oxygen atoms in total. The molecule has 0 radical (unpaired) electrons. The molecule has 2 saturated heterocycles. The van der Waals surface area contributed by atoms with Crippen LogP contribution < -0.4 is 10.6 Å². The molecule has 180 valence electrons. The molecule has 6 rings (SSSR count). The maximum atomic E-state index is 14.0. The molecule has 0 unspecified atom stereocenters. The number of carbonyl (C=O) groups is 3. The zero-order chi connectivity index (χ0) is 23.3. The van der Waals surface area contributed by atoms with Crippen molar-refractivity contribution in [3.8, 4) is 0 Å². The minimum atomic E-state index is -1.07. The summed E-state index contributed by atoms with van der Waals surface area (Å²) < 4.78 is 6.44. The van der Waals surface area contributed by atoms with Crippen molar-refractivity contribution in [3.05, 3.63) is 42.5 Å². The monoisotopic (exact) mass is 463 g/mol. The molecule has 3 heterocycles. The topological polar surface area (TPSA) is 87.7 Å². The lowest BCUT2D eigenvalue weighted by atomic mass is 9.74. The van der Waals surface area contributed by atoms with Crippen molar-refractivity contribution in [2.24, 2.45) is 11.8 Å². The van der Waals surface area contributed by atoms with Gasteiger partial charge in [0.05, 0.1) is 17.9 Å². The van der Waals surface area contributed by atoms with Gasteiger partial charge in [-0.3, -0.25) is 14.4 Å². The zero-order valence-electron chi connectivity index (χ0n) is 19.4. The van der Waals surface area contributed by atoms with Crippen LogP contribution in [0.2, 0.25) is 0 Å². The van der Waals surface area contributed by atoms with Gasteiger partial charge in [-0.15, -0.1) is 0 Å². The average molecular weight is 464 g/mol. The molecule has 1 aromatic carbocycles. The molecule has 3 aliphatic heterocycles. The Balaban J connectivity index is 1.32.